The summed E-state index contributed by atoms with van der Waals surface area (Å²) in [6.07, 6.45) is 1.70. The summed E-state index contributed by atoms with van der Waals surface area (Å²) in [7, 11) is 0. The van der Waals surface area contributed by atoms with Gasteiger partial charge in [0.15, 0.2) is 0 Å². The molecule has 1 saturated heterocycles. The van der Waals surface area contributed by atoms with Crippen LogP contribution in [0.1, 0.15) is 10.4 Å². The van der Waals surface area contributed by atoms with Gasteiger partial charge in [-0.05, 0) is 52.9 Å². The van der Waals surface area contributed by atoms with E-state index >= 15 is 0 Å². The van der Waals surface area contributed by atoms with Crippen molar-refractivity contribution in [3.8, 4) is 0 Å². The molecule has 2 N–H and O–H groups in total. The third-order valence-electron chi connectivity index (χ3n) is 4.26. The Labute approximate surface area is 167 Å². The van der Waals surface area contributed by atoms with Crippen molar-refractivity contribution >= 4 is 60.7 Å². The van der Waals surface area contributed by atoms with Crippen LogP contribution in [0.5, 0.6) is 0 Å². The largest absolute Gasteiger partial charge is 0.344 e. The molecule has 0 unspecified atom stereocenters. The second kappa shape index (κ2) is 7.45. The summed E-state index contributed by atoms with van der Waals surface area (Å²) >= 11 is 3.44. The number of benzene rings is 1. The number of hydrogen-bond donors (Lipinski definition) is 2. The zero-order valence-corrected chi connectivity index (χ0v) is 16.7. The Morgan fingerprint density at radius 3 is 2.88 bits per heavy atom. The van der Waals surface area contributed by atoms with E-state index < -0.39 is 0 Å². The number of anilines is 2. The summed E-state index contributed by atoms with van der Waals surface area (Å²) < 4.78 is 15.1. The number of rotatable bonds is 3. The molecule has 134 valence electrons. The maximum absolute atomic E-state index is 14.3. The minimum absolute atomic E-state index is 0.0424. The number of halogens is 2. The van der Waals surface area contributed by atoms with Crippen molar-refractivity contribution in [3.63, 3.8) is 0 Å². The van der Waals surface area contributed by atoms with Crippen LogP contribution < -0.4 is 10.6 Å². The maximum atomic E-state index is 14.3. The van der Waals surface area contributed by atoms with Gasteiger partial charge in [-0.3, -0.25) is 4.79 Å². The molecule has 4 rings (SSSR count). The summed E-state index contributed by atoms with van der Waals surface area (Å²) in [5.41, 5.74) is 0.921. The number of carbonyl (C=O) groups is 1. The highest BCUT2D eigenvalue weighted by Gasteiger charge is 2.26. The lowest BCUT2D eigenvalue weighted by molar-refractivity contribution is 0.0739. The molecule has 1 fully saturated rings. The zero-order chi connectivity index (χ0) is 18.1. The van der Waals surface area contributed by atoms with E-state index in [4.69, 9.17) is 0 Å². The van der Waals surface area contributed by atoms with Gasteiger partial charge in [-0.25, -0.2) is 9.37 Å². The first-order valence-corrected chi connectivity index (χ1v) is 10.1. The SMILES string of the molecule is O=C(c1c(Nc2ccc(I)cc2F)sc2ncccc12)N1CCNCC1. The Morgan fingerprint density at radius 1 is 1.31 bits per heavy atom. The molecule has 26 heavy (non-hydrogen) atoms. The number of piperazine rings is 1. The van der Waals surface area contributed by atoms with E-state index in [2.05, 4.69) is 38.2 Å². The summed E-state index contributed by atoms with van der Waals surface area (Å²) in [4.78, 5) is 20.1. The van der Waals surface area contributed by atoms with Crippen LogP contribution in [0.3, 0.4) is 0 Å². The van der Waals surface area contributed by atoms with E-state index in [0.717, 1.165) is 26.9 Å². The molecule has 0 atom stereocenters. The summed E-state index contributed by atoms with van der Waals surface area (Å²) in [6.45, 7) is 2.88. The number of amides is 1. The molecule has 1 aliphatic rings. The molecule has 1 amide bonds. The van der Waals surface area contributed by atoms with Gasteiger partial charge in [-0.15, -0.1) is 0 Å². The van der Waals surface area contributed by atoms with E-state index in [0.29, 0.717) is 29.3 Å². The lowest BCUT2D eigenvalue weighted by Crippen LogP contribution is -2.46. The first-order valence-electron chi connectivity index (χ1n) is 8.23. The first-order chi connectivity index (χ1) is 12.6. The maximum Gasteiger partial charge on any atom is 0.257 e. The molecule has 0 spiro atoms. The predicted octanol–water partition coefficient (Wildman–Crippen LogP) is 3.83. The van der Waals surface area contributed by atoms with Crippen LogP contribution in [0.4, 0.5) is 15.1 Å². The average Bonchev–Trinajstić information content (AvgIpc) is 3.02. The van der Waals surface area contributed by atoms with Crippen LogP contribution in [-0.2, 0) is 0 Å². The van der Waals surface area contributed by atoms with Gasteiger partial charge in [-0.1, -0.05) is 11.3 Å². The first kappa shape index (κ1) is 17.6. The molecule has 8 heteroatoms. The monoisotopic (exact) mass is 482 g/mol. The summed E-state index contributed by atoms with van der Waals surface area (Å²) in [5, 5.41) is 7.79. The number of hydrogen-bond acceptors (Lipinski definition) is 5. The van der Waals surface area contributed by atoms with E-state index in [1.165, 1.54) is 17.4 Å². The van der Waals surface area contributed by atoms with Gasteiger partial charge in [0.05, 0.1) is 11.3 Å². The Hall–Kier alpha value is -1.78. The molecular weight excluding hydrogens is 466 g/mol. The van der Waals surface area contributed by atoms with Gasteiger partial charge in [0.1, 0.15) is 15.6 Å². The van der Waals surface area contributed by atoms with Crippen LogP contribution >= 0.6 is 33.9 Å². The Balaban J connectivity index is 1.77. The zero-order valence-electron chi connectivity index (χ0n) is 13.8. The van der Waals surface area contributed by atoms with E-state index in [-0.39, 0.29) is 11.7 Å². The quantitative estimate of drug-likeness (QED) is 0.558. The van der Waals surface area contributed by atoms with Crippen molar-refractivity contribution in [1.82, 2.24) is 15.2 Å². The minimum atomic E-state index is -0.345. The van der Waals surface area contributed by atoms with Gasteiger partial charge in [0.25, 0.3) is 5.91 Å². The van der Waals surface area contributed by atoms with Crippen molar-refractivity contribution in [3.05, 3.63) is 51.5 Å². The molecule has 1 aliphatic heterocycles. The van der Waals surface area contributed by atoms with E-state index in [9.17, 15) is 9.18 Å². The topological polar surface area (TPSA) is 57.3 Å². The molecule has 1 aromatic carbocycles. The van der Waals surface area contributed by atoms with Gasteiger partial charge >= 0.3 is 0 Å². The van der Waals surface area contributed by atoms with Crippen molar-refractivity contribution < 1.29 is 9.18 Å². The van der Waals surface area contributed by atoms with Gasteiger partial charge in [0.2, 0.25) is 0 Å². The fraction of sp³-hybridized carbons (Fsp3) is 0.222. The molecule has 2 aromatic heterocycles. The number of nitrogens with one attached hydrogen (secondary N) is 2. The van der Waals surface area contributed by atoms with Crippen LogP contribution in [0, 0.1) is 9.39 Å². The predicted molar refractivity (Wildman–Crippen MR) is 111 cm³/mol. The highest BCUT2D eigenvalue weighted by atomic mass is 127. The molecule has 0 aliphatic carbocycles. The number of thiophene rings is 1. The highest BCUT2D eigenvalue weighted by molar-refractivity contribution is 14.1. The summed E-state index contributed by atoms with van der Waals surface area (Å²) in [5.74, 6) is -0.387. The van der Waals surface area contributed by atoms with Gasteiger partial charge in [-0.2, -0.15) is 0 Å². The third kappa shape index (κ3) is 3.40. The standard InChI is InChI=1S/C18H16FIN4OS/c19-13-10-11(20)3-4-14(13)23-17-15(12-2-1-5-22-16(12)26-17)18(25)24-8-6-21-7-9-24/h1-5,10,21,23H,6-9H2. The van der Waals surface area contributed by atoms with Crippen molar-refractivity contribution in [2.75, 3.05) is 31.5 Å². The Bertz CT molecular complexity index is 971. The average molecular weight is 482 g/mol. The minimum Gasteiger partial charge on any atom is -0.344 e. The van der Waals surface area contributed by atoms with Crippen molar-refractivity contribution in [1.29, 1.82) is 0 Å². The van der Waals surface area contributed by atoms with Crippen molar-refractivity contribution in [2.45, 2.75) is 0 Å². The lowest BCUT2D eigenvalue weighted by Gasteiger charge is -2.27. The van der Waals surface area contributed by atoms with Crippen molar-refractivity contribution in [2.24, 2.45) is 0 Å². The molecule has 3 heterocycles. The fourth-order valence-corrected chi connectivity index (χ4v) is 4.47. The molecular formula is C18H16FIN4OS. The van der Waals surface area contributed by atoms with E-state index in [1.54, 1.807) is 12.3 Å². The second-order valence-electron chi connectivity index (χ2n) is 5.95. The molecule has 3 aromatic rings. The molecule has 0 saturated carbocycles. The van der Waals surface area contributed by atoms with E-state index in [1.807, 2.05) is 23.1 Å². The smallest absolute Gasteiger partial charge is 0.257 e. The van der Waals surface area contributed by atoms with Gasteiger partial charge < -0.3 is 15.5 Å². The number of aromatic nitrogens is 1. The van der Waals surface area contributed by atoms with Gasteiger partial charge in [0, 0.05) is 41.3 Å². The Kier molecular flexibility index (Phi) is 5.05. The van der Waals surface area contributed by atoms with Crippen LogP contribution in [0.25, 0.3) is 10.2 Å². The normalized spacial score (nSPS) is 14.6. The Morgan fingerprint density at radius 2 is 2.12 bits per heavy atom. The lowest BCUT2D eigenvalue weighted by atomic mass is 10.1. The molecule has 5 nitrogen and oxygen atoms in total. The molecule has 0 radical (unpaired) electrons. The highest BCUT2D eigenvalue weighted by Crippen LogP contribution is 2.37. The number of carbonyl (C=O) groups excluding carboxylic acids is 1. The third-order valence-corrected chi connectivity index (χ3v) is 5.96. The summed E-state index contributed by atoms with van der Waals surface area (Å²) in [6, 6.07) is 8.69. The number of pyridine rings is 1. The van der Waals surface area contributed by atoms with Crippen LogP contribution in [0.2, 0.25) is 0 Å². The second-order valence-corrected chi connectivity index (χ2v) is 8.20. The van der Waals surface area contributed by atoms with Crippen LogP contribution in [0.15, 0.2) is 36.5 Å². The number of fused-ring (bicyclic) bond motifs is 1. The van der Waals surface area contributed by atoms with Crippen LogP contribution in [-0.4, -0.2) is 42.0 Å². The number of nitrogens with zero attached hydrogens (tertiary/aromatic N) is 2. The molecule has 0 bridgehead atoms. The fourth-order valence-electron chi connectivity index (χ4n) is 2.97.